The Morgan fingerprint density at radius 1 is 1.58 bits per heavy atom. The van der Waals surface area contributed by atoms with Crippen molar-refractivity contribution in [1.29, 1.82) is 0 Å². The molecule has 102 valence electrons. The predicted molar refractivity (Wildman–Crippen MR) is 74.7 cm³/mol. The van der Waals surface area contributed by atoms with Crippen molar-refractivity contribution in [3.63, 3.8) is 0 Å². The van der Waals surface area contributed by atoms with Gasteiger partial charge in [-0.3, -0.25) is 4.99 Å². The summed E-state index contributed by atoms with van der Waals surface area (Å²) >= 11 is 3.11. The first-order chi connectivity index (χ1) is 9.01. The first kappa shape index (κ1) is 15.4. The maximum atomic E-state index is 13.7. The number of aliphatic imine (C=N–C) groups is 1. The molecule has 0 fully saturated rings. The summed E-state index contributed by atoms with van der Waals surface area (Å²) in [5, 5.41) is 10.0. The molecule has 0 radical (unpaired) electrons. The van der Waals surface area contributed by atoms with Gasteiger partial charge < -0.3 is 9.84 Å². The number of nitrogens with zero attached hydrogens (tertiary/aromatic N) is 1. The molecular formula is C13H13BrFNO3. The van der Waals surface area contributed by atoms with Crippen LogP contribution in [0.25, 0.3) is 5.76 Å². The van der Waals surface area contributed by atoms with Gasteiger partial charge in [-0.05, 0) is 25.1 Å². The molecule has 0 bridgehead atoms. The zero-order valence-corrected chi connectivity index (χ0v) is 12.1. The molecule has 0 aromatic heterocycles. The first-order valence-corrected chi connectivity index (χ1v) is 6.28. The fraction of sp³-hybridized carbons (Fsp3) is 0.231. The van der Waals surface area contributed by atoms with Gasteiger partial charge in [-0.2, -0.15) is 0 Å². The van der Waals surface area contributed by atoms with E-state index in [2.05, 4.69) is 20.9 Å². The summed E-state index contributed by atoms with van der Waals surface area (Å²) in [5.41, 5.74) is -0.281. The number of hydrogen-bond donors (Lipinski definition) is 1. The summed E-state index contributed by atoms with van der Waals surface area (Å²) in [5.74, 6) is -1.92. The SMILES string of the molecule is CCOC(=O)/C(C=NC)=C(\O)c1ccc(Br)cc1F. The largest absolute Gasteiger partial charge is 0.506 e. The summed E-state index contributed by atoms with van der Waals surface area (Å²) in [6.45, 7) is 1.78. The topological polar surface area (TPSA) is 58.9 Å². The molecule has 1 aromatic carbocycles. The first-order valence-electron chi connectivity index (χ1n) is 5.49. The molecule has 0 aliphatic heterocycles. The van der Waals surface area contributed by atoms with Gasteiger partial charge in [-0.1, -0.05) is 15.9 Å². The van der Waals surface area contributed by atoms with Crippen molar-refractivity contribution in [3.8, 4) is 0 Å². The van der Waals surface area contributed by atoms with E-state index < -0.39 is 17.5 Å². The van der Waals surface area contributed by atoms with E-state index in [0.29, 0.717) is 4.47 Å². The normalized spacial score (nSPS) is 12.4. The highest BCUT2D eigenvalue weighted by Crippen LogP contribution is 2.22. The van der Waals surface area contributed by atoms with Crippen LogP contribution in [0.2, 0.25) is 0 Å². The maximum absolute atomic E-state index is 13.7. The molecule has 6 heteroatoms. The maximum Gasteiger partial charge on any atom is 0.343 e. The molecule has 1 N–H and O–H groups in total. The van der Waals surface area contributed by atoms with E-state index >= 15 is 0 Å². The standard InChI is InChI=1S/C13H13BrFNO3/c1-3-19-13(18)10(7-16-2)12(17)9-5-4-8(14)6-11(9)15/h4-7,17H,3H2,1-2H3/b12-10-,16-7?. The molecule has 0 amide bonds. The highest BCUT2D eigenvalue weighted by molar-refractivity contribution is 9.10. The molecule has 0 unspecified atom stereocenters. The van der Waals surface area contributed by atoms with Crippen LogP contribution >= 0.6 is 15.9 Å². The van der Waals surface area contributed by atoms with Crippen molar-refractivity contribution in [2.75, 3.05) is 13.7 Å². The number of ether oxygens (including phenoxy) is 1. The van der Waals surface area contributed by atoms with E-state index in [1.54, 1.807) is 13.0 Å². The van der Waals surface area contributed by atoms with Crippen LogP contribution in [0.4, 0.5) is 4.39 Å². The van der Waals surface area contributed by atoms with Crippen LogP contribution in [0.5, 0.6) is 0 Å². The van der Waals surface area contributed by atoms with Crippen molar-refractivity contribution >= 4 is 33.9 Å². The summed E-state index contributed by atoms with van der Waals surface area (Å²) in [6.07, 6.45) is 1.13. The van der Waals surface area contributed by atoms with Crippen LogP contribution in [0.1, 0.15) is 12.5 Å². The van der Waals surface area contributed by atoms with Gasteiger partial charge >= 0.3 is 5.97 Å². The van der Waals surface area contributed by atoms with E-state index in [0.717, 1.165) is 6.21 Å². The van der Waals surface area contributed by atoms with Crippen LogP contribution in [0, 0.1) is 5.82 Å². The van der Waals surface area contributed by atoms with Crippen molar-refractivity contribution in [2.45, 2.75) is 6.92 Å². The highest BCUT2D eigenvalue weighted by atomic mass is 79.9. The summed E-state index contributed by atoms with van der Waals surface area (Å²) in [4.78, 5) is 15.3. The lowest BCUT2D eigenvalue weighted by Crippen LogP contribution is -2.11. The van der Waals surface area contributed by atoms with Crippen molar-refractivity contribution in [3.05, 3.63) is 39.6 Å². The zero-order chi connectivity index (χ0) is 14.4. The molecule has 1 rings (SSSR count). The second-order valence-corrected chi connectivity index (χ2v) is 4.41. The number of aliphatic hydroxyl groups is 1. The number of esters is 1. The Balaban J connectivity index is 3.32. The Hall–Kier alpha value is -1.69. The van der Waals surface area contributed by atoms with E-state index in [1.165, 1.54) is 19.2 Å². The third-order valence-electron chi connectivity index (χ3n) is 2.19. The van der Waals surface area contributed by atoms with Crippen molar-refractivity contribution in [1.82, 2.24) is 0 Å². The Bertz CT molecular complexity index is 541. The molecule has 0 spiro atoms. The average Bonchev–Trinajstić information content (AvgIpc) is 2.35. The fourth-order valence-electron chi connectivity index (χ4n) is 1.38. The van der Waals surface area contributed by atoms with E-state index in [1.807, 2.05) is 0 Å². The summed E-state index contributed by atoms with van der Waals surface area (Å²) < 4.78 is 19.0. The molecule has 0 saturated heterocycles. The molecule has 0 aliphatic carbocycles. The number of benzene rings is 1. The average molecular weight is 330 g/mol. The molecule has 0 saturated carbocycles. The number of halogens is 2. The summed E-state index contributed by atoms with van der Waals surface area (Å²) in [7, 11) is 1.43. The Labute approximate surface area is 118 Å². The molecule has 1 aromatic rings. The number of hydrogen-bond acceptors (Lipinski definition) is 4. The molecule has 19 heavy (non-hydrogen) atoms. The predicted octanol–water partition coefficient (Wildman–Crippen LogP) is 3.12. The second kappa shape index (κ2) is 7.04. The highest BCUT2D eigenvalue weighted by Gasteiger charge is 2.18. The van der Waals surface area contributed by atoms with Crippen molar-refractivity contribution in [2.24, 2.45) is 4.99 Å². The van der Waals surface area contributed by atoms with E-state index in [-0.39, 0.29) is 17.7 Å². The Morgan fingerprint density at radius 3 is 2.79 bits per heavy atom. The van der Waals surface area contributed by atoms with Gasteiger partial charge in [0.25, 0.3) is 0 Å². The molecular weight excluding hydrogens is 317 g/mol. The van der Waals surface area contributed by atoms with Gasteiger partial charge in [0.15, 0.2) is 0 Å². The lowest BCUT2D eigenvalue weighted by atomic mass is 10.1. The third kappa shape index (κ3) is 3.89. The van der Waals surface area contributed by atoms with Crippen LogP contribution in [-0.4, -0.2) is 30.9 Å². The van der Waals surface area contributed by atoms with Crippen LogP contribution in [0.3, 0.4) is 0 Å². The van der Waals surface area contributed by atoms with E-state index in [4.69, 9.17) is 4.74 Å². The zero-order valence-electron chi connectivity index (χ0n) is 10.5. The smallest absolute Gasteiger partial charge is 0.343 e. The monoisotopic (exact) mass is 329 g/mol. The second-order valence-electron chi connectivity index (χ2n) is 3.49. The number of aliphatic hydroxyl groups excluding tert-OH is 1. The molecule has 4 nitrogen and oxygen atoms in total. The van der Waals surface area contributed by atoms with Gasteiger partial charge in [0, 0.05) is 17.7 Å². The van der Waals surface area contributed by atoms with Gasteiger partial charge in [-0.15, -0.1) is 0 Å². The van der Waals surface area contributed by atoms with Crippen molar-refractivity contribution < 1.29 is 19.0 Å². The Kier molecular flexibility index (Phi) is 5.69. The number of carbonyl (C=O) groups is 1. The number of rotatable bonds is 4. The lowest BCUT2D eigenvalue weighted by Gasteiger charge is -2.07. The van der Waals surface area contributed by atoms with Gasteiger partial charge in [0.1, 0.15) is 17.1 Å². The minimum absolute atomic E-state index is 0.0915. The number of carbonyl (C=O) groups excluding carboxylic acids is 1. The quantitative estimate of drug-likeness (QED) is 0.399. The van der Waals surface area contributed by atoms with Crippen LogP contribution < -0.4 is 0 Å². The van der Waals surface area contributed by atoms with E-state index in [9.17, 15) is 14.3 Å². The lowest BCUT2D eigenvalue weighted by molar-refractivity contribution is -0.137. The van der Waals surface area contributed by atoms with Gasteiger partial charge in [-0.25, -0.2) is 9.18 Å². The van der Waals surface area contributed by atoms with Crippen LogP contribution in [0.15, 0.2) is 33.2 Å². The molecule has 0 atom stereocenters. The minimum Gasteiger partial charge on any atom is -0.506 e. The molecule has 0 aliphatic rings. The summed E-state index contributed by atoms with van der Waals surface area (Å²) in [6, 6.07) is 4.11. The molecule has 0 heterocycles. The Morgan fingerprint density at radius 2 is 2.26 bits per heavy atom. The minimum atomic E-state index is -0.757. The van der Waals surface area contributed by atoms with Crippen LogP contribution in [-0.2, 0) is 9.53 Å². The van der Waals surface area contributed by atoms with Gasteiger partial charge in [0.05, 0.1) is 12.2 Å². The van der Waals surface area contributed by atoms with Gasteiger partial charge in [0.2, 0.25) is 0 Å². The third-order valence-corrected chi connectivity index (χ3v) is 2.69. The fourth-order valence-corrected chi connectivity index (χ4v) is 1.71.